The largest absolute Gasteiger partial charge is 0.301 e. The van der Waals surface area contributed by atoms with Gasteiger partial charge in [0.05, 0.1) is 11.4 Å². The Bertz CT molecular complexity index is 336. The number of hydrogen-bond donors (Lipinski definition) is 2. The van der Waals surface area contributed by atoms with Gasteiger partial charge in [0, 0.05) is 0 Å². The van der Waals surface area contributed by atoms with Crippen LogP contribution in [-0.4, -0.2) is 0 Å². The number of halogens is 1. The van der Waals surface area contributed by atoms with Crippen molar-refractivity contribution >= 4 is 28.4 Å². The molecule has 2 rings (SSSR count). The Labute approximate surface area is 100 Å². The summed E-state index contributed by atoms with van der Waals surface area (Å²) in [6, 6.07) is 20.0. The van der Waals surface area contributed by atoms with Crippen molar-refractivity contribution in [1.29, 1.82) is 0 Å². The van der Waals surface area contributed by atoms with Gasteiger partial charge >= 0.3 is 0 Å². The van der Waals surface area contributed by atoms with E-state index in [0.717, 1.165) is 11.4 Å². The fourth-order valence-corrected chi connectivity index (χ4v) is 1.19. The Balaban J connectivity index is 0.00000112. The lowest BCUT2D eigenvalue weighted by atomic mass is 10.3. The van der Waals surface area contributed by atoms with Crippen molar-refractivity contribution in [3.63, 3.8) is 0 Å². The second kappa shape index (κ2) is 6.09. The summed E-state index contributed by atoms with van der Waals surface area (Å²) in [4.78, 5) is 0. The van der Waals surface area contributed by atoms with Crippen LogP contribution in [0.2, 0.25) is 0 Å². The Morgan fingerprint density at radius 1 is 0.533 bits per heavy atom. The normalized spacial score (nSPS) is 8.80. The average molecular weight is 265 g/mol. The molecule has 0 aromatic heterocycles. The van der Waals surface area contributed by atoms with Crippen molar-refractivity contribution in [3.8, 4) is 0 Å². The molecule has 2 aromatic rings. The second-order valence-electron chi connectivity index (χ2n) is 2.98. The van der Waals surface area contributed by atoms with Crippen molar-refractivity contribution in [2.24, 2.45) is 0 Å². The van der Waals surface area contributed by atoms with E-state index in [-0.39, 0.29) is 17.0 Å². The zero-order valence-corrected chi connectivity index (χ0v) is 9.89. The van der Waals surface area contributed by atoms with E-state index in [9.17, 15) is 0 Å². The van der Waals surface area contributed by atoms with Crippen LogP contribution >= 0.6 is 17.0 Å². The van der Waals surface area contributed by atoms with Gasteiger partial charge < -0.3 is 10.9 Å². The second-order valence-corrected chi connectivity index (χ2v) is 2.98. The summed E-state index contributed by atoms with van der Waals surface area (Å²) in [5.41, 5.74) is 8.33. The van der Waals surface area contributed by atoms with Crippen LogP contribution in [0.15, 0.2) is 60.7 Å². The molecule has 0 heterocycles. The third kappa shape index (κ3) is 3.64. The maximum absolute atomic E-state index is 3.11. The van der Waals surface area contributed by atoms with E-state index in [1.807, 2.05) is 60.7 Å². The molecule has 2 N–H and O–H groups in total. The first kappa shape index (κ1) is 11.6. The smallest absolute Gasteiger partial charge is 0.0539 e. The predicted molar refractivity (Wildman–Crippen MR) is 70.5 cm³/mol. The van der Waals surface area contributed by atoms with Crippen molar-refractivity contribution in [2.75, 3.05) is 10.9 Å². The third-order valence-corrected chi connectivity index (χ3v) is 1.90. The number of rotatable bonds is 3. The fourth-order valence-electron chi connectivity index (χ4n) is 1.19. The van der Waals surface area contributed by atoms with Gasteiger partial charge in [-0.2, -0.15) is 0 Å². The van der Waals surface area contributed by atoms with Crippen LogP contribution < -0.4 is 10.9 Å². The molecule has 0 aliphatic heterocycles. The lowest BCUT2D eigenvalue weighted by Gasteiger charge is -2.08. The first-order chi connectivity index (χ1) is 6.95. The van der Waals surface area contributed by atoms with E-state index >= 15 is 0 Å². The molecular formula is C12H13BrN2. The van der Waals surface area contributed by atoms with Crippen molar-refractivity contribution in [2.45, 2.75) is 0 Å². The van der Waals surface area contributed by atoms with Crippen LogP contribution in [0.5, 0.6) is 0 Å². The predicted octanol–water partition coefficient (Wildman–Crippen LogP) is 3.70. The number of hydrogen-bond acceptors (Lipinski definition) is 2. The molecule has 0 saturated heterocycles. The maximum atomic E-state index is 3.11. The van der Waals surface area contributed by atoms with Gasteiger partial charge in [-0.15, -0.1) is 17.0 Å². The number of anilines is 2. The highest BCUT2D eigenvalue weighted by Crippen LogP contribution is 2.08. The van der Waals surface area contributed by atoms with Crippen molar-refractivity contribution in [3.05, 3.63) is 60.7 Å². The van der Waals surface area contributed by atoms with Crippen LogP contribution in [0.1, 0.15) is 0 Å². The van der Waals surface area contributed by atoms with Crippen LogP contribution in [0.3, 0.4) is 0 Å². The minimum absolute atomic E-state index is 0. The monoisotopic (exact) mass is 264 g/mol. The molecule has 0 fully saturated rings. The molecule has 0 aliphatic carbocycles. The topological polar surface area (TPSA) is 24.1 Å². The average Bonchev–Trinajstić information content (AvgIpc) is 2.29. The lowest BCUT2D eigenvalue weighted by Crippen LogP contribution is -2.07. The quantitative estimate of drug-likeness (QED) is 0.827. The van der Waals surface area contributed by atoms with E-state index in [0.29, 0.717) is 0 Å². The zero-order valence-electron chi connectivity index (χ0n) is 8.18. The van der Waals surface area contributed by atoms with Gasteiger partial charge in [-0.25, -0.2) is 0 Å². The SMILES string of the molecule is Br.c1ccc(NNc2ccccc2)cc1. The lowest BCUT2D eigenvalue weighted by molar-refractivity contribution is 1.41. The molecule has 15 heavy (non-hydrogen) atoms. The maximum Gasteiger partial charge on any atom is 0.0539 e. The highest BCUT2D eigenvalue weighted by Gasteiger charge is 1.88. The van der Waals surface area contributed by atoms with E-state index in [4.69, 9.17) is 0 Å². The minimum Gasteiger partial charge on any atom is -0.301 e. The molecule has 0 spiro atoms. The molecule has 2 aromatic carbocycles. The molecule has 2 nitrogen and oxygen atoms in total. The molecular weight excluding hydrogens is 252 g/mol. The highest BCUT2D eigenvalue weighted by atomic mass is 79.9. The van der Waals surface area contributed by atoms with E-state index in [1.54, 1.807) is 0 Å². The van der Waals surface area contributed by atoms with Crippen molar-refractivity contribution < 1.29 is 0 Å². The molecule has 0 aliphatic rings. The first-order valence-corrected chi connectivity index (χ1v) is 4.57. The van der Waals surface area contributed by atoms with Gasteiger partial charge in [-0.1, -0.05) is 36.4 Å². The van der Waals surface area contributed by atoms with Crippen molar-refractivity contribution in [1.82, 2.24) is 0 Å². The summed E-state index contributed by atoms with van der Waals surface area (Å²) >= 11 is 0. The zero-order chi connectivity index (χ0) is 9.64. The Kier molecular flexibility index (Phi) is 4.71. The number of nitrogens with one attached hydrogen (secondary N) is 2. The number of hydrazine groups is 1. The Morgan fingerprint density at radius 3 is 1.20 bits per heavy atom. The van der Waals surface area contributed by atoms with E-state index < -0.39 is 0 Å². The van der Waals surface area contributed by atoms with E-state index in [2.05, 4.69) is 10.9 Å². The summed E-state index contributed by atoms with van der Waals surface area (Å²) in [6.07, 6.45) is 0. The Morgan fingerprint density at radius 2 is 0.867 bits per heavy atom. The molecule has 0 unspecified atom stereocenters. The van der Waals surface area contributed by atoms with Crippen LogP contribution in [0.25, 0.3) is 0 Å². The number of benzene rings is 2. The molecule has 0 bridgehead atoms. The van der Waals surface area contributed by atoms with Gasteiger partial charge in [0.15, 0.2) is 0 Å². The Hall–Kier alpha value is -1.48. The van der Waals surface area contributed by atoms with Gasteiger partial charge in [-0.3, -0.25) is 0 Å². The highest BCUT2D eigenvalue weighted by molar-refractivity contribution is 8.93. The summed E-state index contributed by atoms with van der Waals surface area (Å²) in [6.45, 7) is 0. The number of para-hydroxylation sites is 2. The molecule has 0 saturated carbocycles. The molecule has 0 atom stereocenters. The van der Waals surface area contributed by atoms with Gasteiger partial charge in [0.2, 0.25) is 0 Å². The standard InChI is InChI=1S/C12H12N2.BrH/c1-3-7-11(8-4-1)13-14-12-9-5-2-6-10-12;/h1-10,13-14H;1H. The summed E-state index contributed by atoms with van der Waals surface area (Å²) < 4.78 is 0. The van der Waals surface area contributed by atoms with Gasteiger partial charge in [-0.05, 0) is 24.3 Å². The van der Waals surface area contributed by atoms with Crippen LogP contribution in [0, 0.1) is 0 Å². The van der Waals surface area contributed by atoms with Crippen LogP contribution in [0.4, 0.5) is 11.4 Å². The van der Waals surface area contributed by atoms with Crippen LogP contribution in [-0.2, 0) is 0 Å². The minimum atomic E-state index is 0. The fraction of sp³-hybridized carbons (Fsp3) is 0. The van der Waals surface area contributed by atoms with E-state index in [1.165, 1.54) is 0 Å². The third-order valence-electron chi connectivity index (χ3n) is 1.90. The molecule has 3 heteroatoms. The molecule has 78 valence electrons. The summed E-state index contributed by atoms with van der Waals surface area (Å²) in [7, 11) is 0. The summed E-state index contributed by atoms with van der Waals surface area (Å²) in [5, 5.41) is 0. The van der Waals surface area contributed by atoms with Gasteiger partial charge in [0.1, 0.15) is 0 Å². The molecule has 0 radical (unpaired) electrons. The van der Waals surface area contributed by atoms with Gasteiger partial charge in [0.25, 0.3) is 0 Å². The first-order valence-electron chi connectivity index (χ1n) is 4.57. The molecule has 0 amide bonds. The summed E-state index contributed by atoms with van der Waals surface area (Å²) in [5.74, 6) is 0.